The van der Waals surface area contributed by atoms with Crippen molar-refractivity contribution in [3.05, 3.63) is 47.2 Å². The van der Waals surface area contributed by atoms with E-state index in [1.165, 1.54) is 11.8 Å². The van der Waals surface area contributed by atoms with E-state index in [1.807, 2.05) is 37.3 Å². The lowest BCUT2D eigenvalue weighted by Crippen LogP contribution is -2.61. The van der Waals surface area contributed by atoms with Crippen LogP contribution in [0.2, 0.25) is 0 Å². The third-order valence-corrected chi connectivity index (χ3v) is 6.99. The summed E-state index contributed by atoms with van der Waals surface area (Å²) in [4.78, 5) is 43.8. The van der Waals surface area contributed by atoms with Crippen LogP contribution in [0.3, 0.4) is 0 Å². The Morgan fingerprint density at radius 1 is 1.30 bits per heavy atom. The molecule has 0 aliphatic carbocycles. The zero-order chi connectivity index (χ0) is 22.1. The highest BCUT2D eigenvalue weighted by Crippen LogP contribution is 2.46. The lowest BCUT2D eigenvalue weighted by molar-refractivity contribution is -0.159. The molecule has 1 aromatic carbocycles. The van der Waals surface area contributed by atoms with Gasteiger partial charge in [-0.1, -0.05) is 49.0 Å². The predicted octanol–water partition coefficient (Wildman–Crippen LogP) is 3.86. The summed E-state index contributed by atoms with van der Waals surface area (Å²) in [6, 6.07) is 9.54. The number of esters is 1. The number of thioether (sulfide) groups is 2. The molecule has 1 aromatic rings. The molecule has 30 heavy (non-hydrogen) atoms. The number of ether oxygens (including phenoxy) is 1. The van der Waals surface area contributed by atoms with Crippen molar-refractivity contribution >= 4 is 46.7 Å². The number of hydrogen-bond acceptors (Lipinski definition) is 7. The van der Waals surface area contributed by atoms with Crippen LogP contribution >= 0.6 is 23.5 Å². The summed E-state index contributed by atoms with van der Waals surface area (Å²) < 4.78 is 5.62. The summed E-state index contributed by atoms with van der Waals surface area (Å²) in [5.41, 5.74) is 1.06. The molecule has 1 unspecified atom stereocenters. The highest BCUT2D eigenvalue weighted by Gasteiger charge is 2.52. The zero-order valence-electron chi connectivity index (χ0n) is 17.7. The first-order valence-corrected chi connectivity index (χ1v) is 11.7. The number of rotatable bonds is 5. The van der Waals surface area contributed by atoms with Crippen molar-refractivity contribution in [2.24, 2.45) is 10.9 Å². The summed E-state index contributed by atoms with van der Waals surface area (Å²) in [7, 11) is 0. The molecular formula is C22H26N2O4S2. The second-order valence-corrected chi connectivity index (χ2v) is 10.6. The molecule has 3 atom stereocenters. The van der Waals surface area contributed by atoms with Gasteiger partial charge in [-0.05, 0) is 26.3 Å². The van der Waals surface area contributed by atoms with E-state index in [0.29, 0.717) is 11.3 Å². The maximum absolute atomic E-state index is 13.1. The first-order valence-electron chi connectivity index (χ1n) is 9.75. The molecule has 0 bridgehead atoms. The first-order chi connectivity index (χ1) is 14.1. The Morgan fingerprint density at radius 2 is 1.97 bits per heavy atom. The third kappa shape index (κ3) is 4.98. The van der Waals surface area contributed by atoms with Gasteiger partial charge in [0.1, 0.15) is 16.7 Å². The van der Waals surface area contributed by atoms with Gasteiger partial charge in [-0.2, -0.15) is 0 Å². The van der Waals surface area contributed by atoms with Crippen LogP contribution in [0, 0.1) is 5.92 Å². The van der Waals surface area contributed by atoms with Crippen molar-refractivity contribution in [1.82, 2.24) is 4.90 Å². The molecule has 0 saturated carbocycles. The zero-order valence-corrected chi connectivity index (χ0v) is 19.4. The van der Waals surface area contributed by atoms with Crippen molar-refractivity contribution in [1.29, 1.82) is 0 Å². The Morgan fingerprint density at radius 3 is 2.57 bits per heavy atom. The summed E-state index contributed by atoms with van der Waals surface area (Å²) in [5, 5.41) is -0.816. The van der Waals surface area contributed by atoms with Gasteiger partial charge in [0.25, 0.3) is 0 Å². The van der Waals surface area contributed by atoms with Crippen LogP contribution < -0.4 is 0 Å². The molecule has 2 aliphatic heterocycles. The minimum atomic E-state index is -0.703. The van der Waals surface area contributed by atoms with Crippen LogP contribution in [0.5, 0.6) is 0 Å². The summed E-state index contributed by atoms with van der Waals surface area (Å²) in [6.07, 6.45) is 1.69. The number of benzene rings is 1. The summed E-state index contributed by atoms with van der Waals surface area (Å²) in [6.45, 7) is 8.70. The van der Waals surface area contributed by atoms with Crippen LogP contribution in [-0.2, 0) is 19.1 Å². The monoisotopic (exact) mass is 446 g/mol. The average molecular weight is 447 g/mol. The van der Waals surface area contributed by atoms with E-state index in [2.05, 4.69) is 4.99 Å². The molecule has 2 aliphatic rings. The van der Waals surface area contributed by atoms with E-state index in [9.17, 15) is 14.4 Å². The van der Waals surface area contributed by atoms with Gasteiger partial charge < -0.3 is 4.74 Å². The topological polar surface area (TPSA) is 76.0 Å². The quantitative estimate of drug-likeness (QED) is 0.388. The number of hydrogen-bond donors (Lipinski definition) is 0. The van der Waals surface area contributed by atoms with Gasteiger partial charge in [0.15, 0.2) is 5.12 Å². The molecule has 0 spiro atoms. The Labute approximate surface area is 185 Å². The van der Waals surface area contributed by atoms with Crippen molar-refractivity contribution in [2.45, 2.75) is 51.0 Å². The highest BCUT2D eigenvalue weighted by atomic mass is 32.2. The molecule has 2 heterocycles. The van der Waals surface area contributed by atoms with E-state index in [-0.39, 0.29) is 28.0 Å². The number of amides is 1. The van der Waals surface area contributed by atoms with Crippen LogP contribution in [0.15, 0.2) is 46.6 Å². The maximum Gasteiger partial charge on any atom is 0.355 e. The molecule has 8 heteroatoms. The molecule has 1 saturated heterocycles. The number of nitrogens with zero attached hydrogens (tertiary/aromatic N) is 2. The van der Waals surface area contributed by atoms with Crippen molar-refractivity contribution in [3.63, 3.8) is 0 Å². The van der Waals surface area contributed by atoms with Crippen molar-refractivity contribution < 1.29 is 19.1 Å². The minimum Gasteiger partial charge on any atom is -0.455 e. The molecule has 0 radical (unpaired) electrons. The number of carbonyl (C=O) groups is 3. The summed E-state index contributed by atoms with van der Waals surface area (Å²) in [5.74, 6) is -0.304. The van der Waals surface area contributed by atoms with Gasteiger partial charge in [-0.15, -0.1) is 11.8 Å². The van der Waals surface area contributed by atoms with Crippen LogP contribution in [-0.4, -0.2) is 50.2 Å². The van der Waals surface area contributed by atoms with Gasteiger partial charge in [0, 0.05) is 24.5 Å². The molecule has 1 fully saturated rings. The number of β-lactam (4-membered cyclic amide) rings is 1. The van der Waals surface area contributed by atoms with Gasteiger partial charge in [0.05, 0.1) is 11.3 Å². The molecule has 0 aromatic heterocycles. The molecule has 3 rings (SSSR count). The first kappa shape index (κ1) is 22.6. The fourth-order valence-corrected chi connectivity index (χ4v) is 5.54. The van der Waals surface area contributed by atoms with Gasteiger partial charge in [-0.3, -0.25) is 19.5 Å². The second kappa shape index (κ2) is 8.98. The Kier molecular flexibility index (Phi) is 6.77. The second-order valence-electron chi connectivity index (χ2n) is 8.22. The van der Waals surface area contributed by atoms with E-state index in [4.69, 9.17) is 4.74 Å². The lowest BCUT2D eigenvalue weighted by Gasteiger charge is -2.49. The van der Waals surface area contributed by atoms with Gasteiger partial charge >= 0.3 is 5.97 Å². The Balaban J connectivity index is 2.03. The Bertz CT molecular complexity index is 905. The molecule has 1 amide bonds. The molecule has 160 valence electrons. The highest BCUT2D eigenvalue weighted by molar-refractivity contribution is 8.14. The minimum absolute atomic E-state index is 0.0927. The van der Waals surface area contributed by atoms with E-state index in [1.54, 1.807) is 38.7 Å². The molecule has 6 nitrogen and oxygen atoms in total. The molecule has 0 N–H and O–H groups in total. The lowest BCUT2D eigenvalue weighted by atomic mass is 9.97. The normalized spacial score (nSPS) is 22.6. The Hall–Kier alpha value is -2.06. The standard InChI is InChI=1S/C22H26N2O4S2/c1-13-19(26)24-17(21(27)28-22(3,4)5)16(12-29-20(13)24)18(30-14(2)25)23-11-15-9-7-6-8-10-15/h6-11,13,18,20H,12H2,1-5H3/t13-,18?,20-/m1/s1. The van der Waals surface area contributed by atoms with Crippen molar-refractivity contribution in [2.75, 3.05) is 5.75 Å². The predicted molar refractivity (Wildman–Crippen MR) is 121 cm³/mol. The fourth-order valence-electron chi connectivity index (χ4n) is 3.25. The smallest absolute Gasteiger partial charge is 0.355 e. The fraction of sp³-hybridized carbons (Fsp3) is 0.455. The number of carbonyl (C=O) groups excluding carboxylic acids is 3. The van der Waals surface area contributed by atoms with Crippen LogP contribution in [0.25, 0.3) is 0 Å². The van der Waals surface area contributed by atoms with E-state index < -0.39 is 16.9 Å². The van der Waals surface area contributed by atoms with Gasteiger partial charge in [0.2, 0.25) is 5.91 Å². The maximum atomic E-state index is 13.1. The van der Waals surface area contributed by atoms with Crippen molar-refractivity contribution in [3.8, 4) is 0 Å². The SMILES string of the molecule is CC(=O)SC(N=Cc1ccccc1)C1=C(C(=O)OC(C)(C)C)N2C(=O)[C@@H](C)[C@H]2SC1. The van der Waals surface area contributed by atoms with Crippen LogP contribution in [0.1, 0.15) is 40.2 Å². The number of fused-ring (bicyclic) bond motifs is 1. The average Bonchev–Trinajstić information content (AvgIpc) is 2.68. The van der Waals surface area contributed by atoms with E-state index >= 15 is 0 Å². The summed E-state index contributed by atoms with van der Waals surface area (Å²) >= 11 is 2.63. The van der Waals surface area contributed by atoms with E-state index in [0.717, 1.165) is 17.3 Å². The largest absolute Gasteiger partial charge is 0.455 e. The third-order valence-electron chi connectivity index (χ3n) is 4.59. The number of aliphatic imine (C=N–C) groups is 1. The van der Waals surface area contributed by atoms with Gasteiger partial charge in [-0.25, -0.2) is 4.79 Å². The van der Waals surface area contributed by atoms with Crippen LogP contribution in [0.4, 0.5) is 0 Å². The molecular weight excluding hydrogens is 420 g/mol.